The Morgan fingerprint density at radius 2 is 2.18 bits per heavy atom. The summed E-state index contributed by atoms with van der Waals surface area (Å²) in [6, 6.07) is 2.79. The van der Waals surface area contributed by atoms with Crippen molar-refractivity contribution in [2.24, 2.45) is 0 Å². The molecule has 3 heteroatoms. The molecule has 1 aromatic heterocycles. The smallest absolute Gasteiger partial charge is 0.271 e. The number of aromatic nitrogens is 1. The molecule has 11 heavy (non-hydrogen) atoms. The van der Waals surface area contributed by atoms with Crippen molar-refractivity contribution in [3.8, 4) is 0 Å². The van der Waals surface area contributed by atoms with Gasteiger partial charge in [0.25, 0.3) is 5.69 Å². The molecule has 0 bridgehead atoms. The van der Waals surface area contributed by atoms with E-state index in [2.05, 4.69) is 0 Å². The minimum atomic E-state index is -0.370. The fourth-order valence-electron chi connectivity index (χ4n) is 1.02. The van der Waals surface area contributed by atoms with E-state index >= 15 is 0 Å². The minimum Gasteiger partial charge on any atom is -0.285 e. The third-order valence-electron chi connectivity index (χ3n) is 1.51. The molecule has 1 heterocycles. The first-order valence-corrected chi connectivity index (χ1v) is 3.52. The van der Waals surface area contributed by atoms with Crippen molar-refractivity contribution < 1.29 is 14.3 Å². The second-order valence-corrected chi connectivity index (χ2v) is 2.74. The number of halogens is 1. The van der Waals surface area contributed by atoms with Gasteiger partial charge in [0, 0.05) is 16.7 Å². The first-order chi connectivity index (χ1) is 5.13. The average Bonchev–Trinajstić information content (AvgIpc) is 1.85. The zero-order valence-corrected chi connectivity index (χ0v) is 6.58. The van der Waals surface area contributed by atoms with Crippen molar-refractivity contribution in [2.45, 2.75) is 19.8 Å². The minimum absolute atomic E-state index is 0.0128. The van der Waals surface area contributed by atoms with Crippen molar-refractivity contribution in [1.29, 1.82) is 0 Å². The first-order valence-electron chi connectivity index (χ1n) is 3.52. The van der Waals surface area contributed by atoms with Crippen molar-refractivity contribution in [1.82, 2.24) is 0 Å². The van der Waals surface area contributed by atoms with Crippen molar-refractivity contribution in [2.75, 3.05) is 0 Å². The topological polar surface area (TPSA) is 24.1 Å². The van der Waals surface area contributed by atoms with E-state index in [1.54, 1.807) is 0 Å². The van der Waals surface area contributed by atoms with Gasteiger partial charge >= 0.3 is 0 Å². The van der Waals surface area contributed by atoms with Gasteiger partial charge in [0.05, 0.1) is 0 Å². The molecule has 0 saturated heterocycles. The molecular weight excluding hydrogens is 145 g/mol. The molecule has 0 aliphatic heterocycles. The third-order valence-corrected chi connectivity index (χ3v) is 1.51. The highest BCUT2D eigenvalue weighted by atomic mass is 19.1. The Kier molecular flexibility index (Phi) is 2.08. The molecule has 0 amide bonds. The summed E-state index contributed by atoms with van der Waals surface area (Å²) in [7, 11) is 0. The van der Waals surface area contributed by atoms with E-state index < -0.39 is 0 Å². The van der Waals surface area contributed by atoms with E-state index in [4.69, 9.17) is 5.21 Å². The fourth-order valence-corrected chi connectivity index (χ4v) is 1.02. The Labute approximate surface area is 64.9 Å². The van der Waals surface area contributed by atoms with Gasteiger partial charge in [-0.25, -0.2) is 0 Å². The maximum atomic E-state index is 12.9. The van der Waals surface area contributed by atoms with E-state index in [0.717, 1.165) is 4.73 Å². The van der Waals surface area contributed by atoms with Gasteiger partial charge in [-0.2, -0.15) is 4.39 Å². The van der Waals surface area contributed by atoms with E-state index in [9.17, 15) is 4.39 Å². The van der Waals surface area contributed by atoms with Gasteiger partial charge in [-0.3, -0.25) is 5.21 Å². The van der Waals surface area contributed by atoms with Crippen molar-refractivity contribution >= 4 is 0 Å². The summed E-state index contributed by atoms with van der Waals surface area (Å²) in [5.41, 5.74) is 0.313. The fraction of sp³-hybridized carbons (Fsp3) is 0.375. The quantitative estimate of drug-likeness (QED) is 0.483. The molecule has 0 radical (unpaired) electrons. The lowest BCUT2D eigenvalue weighted by Crippen LogP contribution is -2.36. The number of rotatable bonds is 1. The van der Waals surface area contributed by atoms with Crippen LogP contribution in [0.3, 0.4) is 0 Å². The molecule has 0 saturated carbocycles. The molecule has 0 spiro atoms. The van der Waals surface area contributed by atoms with Crippen LogP contribution in [0.4, 0.5) is 4.39 Å². The summed E-state index contributed by atoms with van der Waals surface area (Å²) in [4.78, 5) is 0. The van der Waals surface area contributed by atoms with E-state index in [1.165, 1.54) is 18.3 Å². The van der Waals surface area contributed by atoms with Crippen LogP contribution in [0.25, 0.3) is 0 Å². The number of hydrogen-bond acceptors (Lipinski definition) is 1. The normalized spacial score (nSPS) is 10.5. The highest BCUT2D eigenvalue weighted by Crippen LogP contribution is 2.12. The molecule has 1 rings (SSSR count). The molecule has 0 aliphatic rings. The van der Waals surface area contributed by atoms with Crippen LogP contribution in [0.1, 0.15) is 25.5 Å². The highest BCUT2D eigenvalue weighted by molar-refractivity contribution is 5.04. The highest BCUT2D eigenvalue weighted by Gasteiger charge is 2.19. The molecule has 0 aliphatic carbocycles. The zero-order chi connectivity index (χ0) is 8.43. The zero-order valence-electron chi connectivity index (χ0n) is 6.58. The predicted molar refractivity (Wildman–Crippen MR) is 37.9 cm³/mol. The molecule has 0 fully saturated rings. The Morgan fingerprint density at radius 3 is 2.55 bits per heavy atom. The van der Waals surface area contributed by atoms with Gasteiger partial charge in [0.2, 0.25) is 6.20 Å². The predicted octanol–water partition coefficient (Wildman–Crippen LogP) is 1.47. The van der Waals surface area contributed by atoms with Crippen LogP contribution >= 0.6 is 0 Å². The molecular formula is C8H11FNO+. The van der Waals surface area contributed by atoms with Crippen LogP contribution in [0.15, 0.2) is 18.3 Å². The van der Waals surface area contributed by atoms with E-state index in [0.29, 0.717) is 5.69 Å². The Morgan fingerprint density at radius 1 is 1.55 bits per heavy atom. The van der Waals surface area contributed by atoms with Crippen LogP contribution in [-0.4, -0.2) is 5.21 Å². The molecule has 0 unspecified atom stereocenters. The molecule has 0 atom stereocenters. The first kappa shape index (κ1) is 7.98. The second kappa shape index (κ2) is 2.86. The summed E-state index contributed by atoms with van der Waals surface area (Å²) >= 11 is 0. The SMILES string of the molecule is CC(C)c1c(F)ccc[n+]1O. The van der Waals surface area contributed by atoms with Crippen LogP contribution in [-0.2, 0) is 0 Å². The maximum Gasteiger partial charge on any atom is 0.271 e. The van der Waals surface area contributed by atoms with Gasteiger partial charge < -0.3 is 0 Å². The van der Waals surface area contributed by atoms with Crippen LogP contribution in [0, 0.1) is 5.82 Å². The molecule has 1 aromatic rings. The molecule has 1 N–H and O–H groups in total. The van der Waals surface area contributed by atoms with Crippen LogP contribution in [0.5, 0.6) is 0 Å². The van der Waals surface area contributed by atoms with Gasteiger partial charge in [0.1, 0.15) is 0 Å². The lowest BCUT2D eigenvalue weighted by atomic mass is 10.1. The standard InChI is InChI=1S/C8H11FNO/c1-6(2)8-7(9)4-3-5-10(8)11/h3-6,11H,1-2H3/q+1. The number of pyridine rings is 1. The molecule has 2 nitrogen and oxygen atoms in total. The molecule has 0 aromatic carbocycles. The summed E-state index contributed by atoms with van der Waals surface area (Å²) in [6.45, 7) is 3.65. The summed E-state index contributed by atoms with van der Waals surface area (Å²) < 4.78 is 13.7. The monoisotopic (exact) mass is 156 g/mol. The van der Waals surface area contributed by atoms with Gasteiger partial charge in [-0.05, 0) is 6.07 Å². The van der Waals surface area contributed by atoms with Gasteiger partial charge in [-0.1, -0.05) is 13.8 Å². The molecule has 60 valence electrons. The van der Waals surface area contributed by atoms with E-state index in [-0.39, 0.29) is 11.7 Å². The average molecular weight is 156 g/mol. The maximum absolute atomic E-state index is 12.9. The summed E-state index contributed by atoms with van der Waals surface area (Å²) in [6.07, 6.45) is 1.42. The van der Waals surface area contributed by atoms with Crippen molar-refractivity contribution in [3.05, 3.63) is 29.8 Å². The van der Waals surface area contributed by atoms with Gasteiger partial charge in [-0.15, -0.1) is 0 Å². The Balaban J connectivity index is 3.21. The lowest BCUT2D eigenvalue weighted by Gasteiger charge is -1.99. The Hall–Kier alpha value is -1.12. The number of hydrogen-bond donors (Lipinski definition) is 1. The Bertz CT molecular complexity index is 240. The third kappa shape index (κ3) is 1.48. The van der Waals surface area contributed by atoms with Gasteiger partial charge in [0.15, 0.2) is 5.82 Å². The largest absolute Gasteiger partial charge is 0.285 e. The number of nitrogens with zero attached hydrogens (tertiary/aromatic N) is 1. The van der Waals surface area contributed by atoms with Crippen LogP contribution < -0.4 is 4.73 Å². The second-order valence-electron chi connectivity index (χ2n) is 2.74. The summed E-state index contributed by atoms with van der Waals surface area (Å²) in [5, 5.41) is 9.14. The lowest BCUT2D eigenvalue weighted by molar-refractivity contribution is -0.911. The summed E-state index contributed by atoms with van der Waals surface area (Å²) in [5.74, 6) is -0.383. The van der Waals surface area contributed by atoms with Crippen LogP contribution in [0.2, 0.25) is 0 Å². The van der Waals surface area contributed by atoms with E-state index in [1.807, 2.05) is 13.8 Å². The van der Waals surface area contributed by atoms with Crippen molar-refractivity contribution in [3.63, 3.8) is 0 Å².